The van der Waals surface area contributed by atoms with Gasteiger partial charge in [-0.1, -0.05) is 59.2 Å². The minimum absolute atomic E-state index is 0. The molecule has 0 spiro atoms. The van der Waals surface area contributed by atoms with Crippen LogP contribution in [0.3, 0.4) is 0 Å². The van der Waals surface area contributed by atoms with Crippen LogP contribution in [0, 0.1) is 0 Å². The molecule has 0 aromatic rings. The minimum atomic E-state index is -1.72. The molecular weight excluding hydrogens is 479 g/mol. The predicted octanol–water partition coefficient (Wildman–Crippen LogP) is 5.76. The van der Waals surface area contributed by atoms with Gasteiger partial charge in [0.25, 0.3) is 0 Å². The molecule has 7 heteroatoms. The van der Waals surface area contributed by atoms with E-state index in [1.165, 1.54) is 21.2 Å². The quantitative estimate of drug-likeness (QED) is 0.415. The zero-order valence-electron chi connectivity index (χ0n) is 16.5. The molecule has 0 saturated carbocycles. The molecule has 2 aliphatic rings. The van der Waals surface area contributed by atoms with Crippen LogP contribution in [0.25, 0.3) is 0 Å². The summed E-state index contributed by atoms with van der Waals surface area (Å²) in [5, 5.41) is 6.47. The van der Waals surface area contributed by atoms with E-state index in [0.29, 0.717) is 5.73 Å². The number of hydrogen-bond donors (Lipinski definition) is 0. The Labute approximate surface area is 187 Å². The molecule has 1 nitrogen and oxygen atoms in total. The van der Waals surface area contributed by atoms with E-state index in [0.717, 1.165) is 22.9 Å². The summed E-state index contributed by atoms with van der Waals surface area (Å²) in [5.41, 5.74) is 1.67. The van der Waals surface area contributed by atoms with Crippen LogP contribution in [0.2, 0.25) is 32.7 Å². The van der Waals surface area contributed by atoms with E-state index >= 15 is 0 Å². The molecule has 0 aromatic carbocycles. The maximum atomic E-state index is 6.66. The molecule has 0 heterocycles. The standard InChI is InChI=1S/C18H30Cl2OSi3.Zr/c1-12-8-9-14(19)17(12)22-18-15(20)10-11-16(18)24(6,7)13(2)21-23(3,4)5;/h8,11,13H,9-10,22H2,1-7H3;. The fourth-order valence-electron chi connectivity index (χ4n) is 3.44. The summed E-state index contributed by atoms with van der Waals surface area (Å²) in [6, 6.07) is 0. The molecule has 1 atom stereocenters. The molecule has 0 fully saturated rings. The summed E-state index contributed by atoms with van der Waals surface area (Å²) in [5.74, 6) is 0. The van der Waals surface area contributed by atoms with Gasteiger partial charge in [-0.25, -0.2) is 0 Å². The van der Waals surface area contributed by atoms with E-state index in [1.54, 1.807) is 0 Å². The molecule has 1 unspecified atom stereocenters. The summed E-state index contributed by atoms with van der Waals surface area (Å²) in [6.07, 6.45) is 6.42. The van der Waals surface area contributed by atoms with Crippen LogP contribution in [-0.4, -0.2) is 31.6 Å². The van der Waals surface area contributed by atoms with Crippen LogP contribution in [-0.2, 0) is 30.6 Å². The predicted molar refractivity (Wildman–Crippen MR) is 117 cm³/mol. The zero-order chi connectivity index (χ0) is 18.3. The SMILES string of the molecule is CC1=CCC(Cl)=C1[SiH2]C1=C(Cl)CC=C1[Si](C)(C)C(C)O[Si](C)(C)C.[Zr]. The summed E-state index contributed by atoms with van der Waals surface area (Å²) >= 11 is 13.1. The molecule has 0 radical (unpaired) electrons. The second kappa shape index (κ2) is 9.02. The van der Waals surface area contributed by atoms with Gasteiger partial charge in [0.2, 0.25) is 0 Å². The summed E-state index contributed by atoms with van der Waals surface area (Å²) < 4.78 is 6.47. The van der Waals surface area contributed by atoms with Crippen molar-refractivity contribution in [2.75, 3.05) is 0 Å². The van der Waals surface area contributed by atoms with Crippen molar-refractivity contribution in [3.8, 4) is 0 Å². The Morgan fingerprint density at radius 2 is 1.52 bits per heavy atom. The average molecular weight is 509 g/mol. The Bertz CT molecular complexity index is 658. The molecular formula is C18H30Cl2OSi3Zr. The molecule has 0 amide bonds. The molecule has 0 aliphatic heterocycles. The molecule has 0 N–H and O–H groups in total. The van der Waals surface area contributed by atoms with Gasteiger partial charge in [0.15, 0.2) is 8.32 Å². The van der Waals surface area contributed by atoms with Gasteiger partial charge in [-0.3, -0.25) is 0 Å². The first-order valence-electron chi connectivity index (χ1n) is 8.74. The molecule has 0 bridgehead atoms. The van der Waals surface area contributed by atoms with Crippen molar-refractivity contribution in [3.63, 3.8) is 0 Å². The van der Waals surface area contributed by atoms with Gasteiger partial charge >= 0.3 is 0 Å². The third-order valence-electron chi connectivity index (χ3n) is 5.12. The third-order valence-corrected chi connectivity index (χ3v) is 14.5. The van der Waals surface area contributed by atoms with Crippen LogP contribution in [0.1, 0.15) is 26.7 Å². The summed E-state index contributed by atoms with van der Waals surface area (Å²) in [7, 11) is -3.90. The van der Waals surface area contributed by atoms with Gasteiger partial charge in [0.05, 0.1) is 9.52 Å². The van der Waals surface area contributed by atoms with Crippen molar-refractivity contribution < 1.29 is 30.6 Å². The van der Waals surface area contributed by atoms with Gasteiger partial charge in [0.1, 0.15) is 8.07 Å². The van der Waals surface area contributed by atoms with Crippen molar-refractivity contribution in [2.24, 2.45) is 0 Å². The minimum Gasteiger partial charge on any atom is -0.418 e. The second-order valence-electron chi connectivity index (χ2n) is 8.45. The summed E-state index contributed by atoms with van der Waals surface area (Å²) in [6.45, 7) is 16.1. The first-order chi connectivity index (χ1) is 10.9. The van der Waals surface area contributed by atoms with E-state index in [-0.39, 0.29) is 26.2 Å². The van der Waals surface area contributed by atoms with Crippen molar-refractivity contribution >= 4 is 49.1 Å². The molecule has 0 aromatic heterocycles. The topological polar surface area (TPSA) is 9.23 Å². The molecule has 0 saturated heterocycles. The van der Waals surface area contributed by atoms with E-state index in [4.69, 9.17) is 27.6 Å². The first kappa shape index (κ1) is 24.1. The van der Waals surface area contributed by atoms with Crippen molar-refractivity contribution in [3.05, 3.63) is 43.4 Å². The fraction of sp³-hybridized carbons (Fsp3) is 0.556. The Morgan fingerprint density at radius 3 is 2.00 bits per heavy atom. The Hall–Kier alpha value is 1.03. The second-order valence-corrected chi connectivity index (χ2v) is 20.4. The normalized spacial score (nSPS) is 20.4. The van der Waals surface area contributed by atoms with E-state index in [1.807, 2.05) is 0 Å². The van der Waals surface area contributed by atoms with Crippen molar-refractivity contribution in [2.45, 2.75) is 65.2 Å². The van der Waals surface area contributed by atoms with Crippen LogP contribution >= 0.6 is 23.2 Å². The van der Waals surface area contributed by atoms with Gasteiger partial charge in [-0.2, -0.15) is 0 Å². The maximum Gasteiger partial charge on any atom is 0.183 e. The number of rotatable bonds is 6. The average Bonchev–Trinajstić information content (AvgIpc) is 2.95. The first-order valence-corrected chi connectivity index (χ1v) is 17.4. The zero-order valence-corrected chi connectivity index (χ0v) is 23.9. The number of halogens is 2. The maximum absolute atomic E-state index is 6.66. The Kier molecular flexibility index (Phi) is 8.69. The smallest absolute Gasteiger partial charge is 0.183 e. The van der Waals surface area contributed by atoms with Crippen LogP contribution in [0.5, 0.6) is 0 Å². The van der Waals surface area contributed by atoms with Crippen molar-refractivity contribution in [1.82, 2.24) is 0 Å². The molecule has 25 heavy (non-hydrogen) atoms. The van der Waals surface area contributed by atoms with E-state index in [9.17, 15) is 0 Å². The van der Waals surface area contributed by atoms with Gasteiger partial charge < -0.3 is 4.43 Å². The van der Waals surface area contributed by atoms with Gasteiger partial charge in [-0.05, 0) is 43.9 Å². The largest absolute Gasteiger partial charge is 0.418 e. The van der Waals surface area contributed by atoms with E-state index in [2.05, 4.69) is 58.7 Å². The van der Waals surface area contributed by atoms with Gasteiger partial charge in [0, 0.05) is 54.8 Å². The van der Waals surface area contributed by atoms with Crippen LogP contribution in [0.15, 0.2) is 43.4 Å². The monoisotopic (exact) mass is 506 g/mol. The number of allylic oxidation sites excluding steroid dienone is 8. The Balaban J connectivity index is 0.00000312. The molecule has 2 aliphatic carbocycles. The fourth-order valence-corrected chi connectivity index (χ4v) is 13.0. The van der Waals surface area contributed by atoms with Gasteiger partial charge in [-0.15, -0.1) is 0 Å². The number of hydrogen-bond acceptors (Lipinski definition) is 1. The van der Waals surface area contributed by atoms with E-state index < -0.39 is 25.9 Å². The van der Waals surface area contributed by atoms with Crippen LogP contribution < -0.4 is 0 Å². The van der Waals surface area contributed by atoms with Crippen LogP contribution in [0.4, 0.5) is 0 Å². The molecule has 138 valence electrons. The third kappa shape index (κ3) is 5.76. The Morgan fingerprint density at radius 1 is 1.00 bits per heavy atom. The van der Waals surface area contributed by atoms with Crippen molar-refractivity contribution in [1.29, 1.82) is 0 Å². The molecule has 2 rings (SSSR count). The summed E-state index contributed by atoms with van der Waals surface area (Å²) in [4.78, 5) is 0.